The Morgan fingerprint density at radius 1 is 1.04 bits per heavy atom. The lowest BCUT2D eigenvalue weighted by Gasteiger charge is -2.26. The summed E-state index contributed by atoms with van der Waals surface area (Å²) in [6.45, 7) is 6.14. The first kappa shape index (κ1) is 19.9. The Morgan fingerprint density at radius 2 is 1.75 bits per heavy atom. The molecule has 7 heteroatoms. The molecule has 28 heavy (non-hydrogen) atoms. The molecule has 0 aliphatic carbocycles. The zero-order chi connectivity index (χ0) is 20.7. The van der Waals surface area contributed by atoms with Gasteiger partial charge in [0, 0.05) is 28.9 Å². The summed E-state index contributed by atoms with van der Waals surface area (Å²) in [5.41, 5.74) is 0.755. The van der Waals surface area contributed by atoms with E-state index in [0.717, 1.165) is 23.4 Å². The average Bonchev–Trinajstić information content (AvgIpc) is 3.02. The predicted molar refractivity (Wildman–Crippen MR) is 101 cm³/mol. The molecular formula is C21H21F3N2O2. The number of halogens is 3. The minimum atomic E-state index is -4.51. The number of hydrogen-bond donors (Lipinski definition) is 1. The zero-order valence-corrected chi connectivity index (χ0v) is 15.9. The van der Waals surface area contributed by atoms with Crippen LogP contribution in [0, 0.1) is 5.41 Å². The highest BCUT2D eigenvalue weighted by molar-refractivity contribution is 6.05. The third-order valence-electron chi connectivity index (χ3n) is 4.57. The molecule has 0 atom stereocenters. The lowest BCUT2D eigenvalue weighted by Crippen LogP contribution is -2.38. The molecule has 4 nitrogen and oxygen atoms in total. The number of alkyl halides is 3. The van der Waals surface area contributed by atoms with E-state index in [9.17, 15) is 22.8 Å². The van der Waals surface area contributed by atoms with Gasteiger partial charge in [0.25, 0.3) is 5.91 Å². The highest BCUT2D eigenvalue weighted by Crippen LogP contribution is 2.34. The molecule has 0 saturated heterocycles. The number of amides is 2. The smallest absolute Gasteiger partial charge is 0.322 e. The lowest BCUT2D eigenvalue weighted by atomic mass is 9.94. The van der Waals surface area contributed by atoms with E-state index in [1.807, 2.05) is 20.8 Å². The minimum absolute atomic E-state index is 0.0204. The van der Waals surface area contributed by atoms with Gasteiger partial charge in [-0.3, -0.25) is 9.59 Å². The van der Waals surface area contributed by atoms with Crippen molar-refractivity contribution in [3.05, 3.63) is 59.2 Å². The van der Waals surface area contributed by atoms with Crippen LogP contribution in [0.1, 0.15) is 42.3 Å². The molecule has 0 unspecified atom stereocenters. The first-order valence-electron chi connectivity index (χ1n) is 8.90. The van der Waals surface area contributed by atoms with Crippen molar-refractivity contribution >= 4 is 23.2 Å². The molecule has 1 heterocycles. The number of rotatable bonds is 2. The standard InChI is InChI=1S/C21H21F3N2O2/c1-20(2,3)19(28)26-10-9-13-12-16(7-8-17(13)26)25-18(27)14-5-4-6-15(11-14)21(22,23)24/h4-8,11-12H,9-10H2,1-3H3,(H,25,27). The van der Waals surface area contributed by atoms with Crippen LogP contribution in [-0.2, 0) is 17.4 Å². The Morgan fingerprint density at radius 3 is 2.39 bits per heavy atom. The average molecular weight is 390 g/mol. The fourth-order valence-electron chi connectivity index (χ4n) is 3.14. The van der Waals surface area contributed by atoms with Crippen molar-refractivity contribution in [3.8, 4) is 0 Å². The van der Waals surface area contributed by atoms with Gasteiger partial charge in [-0.2, -0.15) is 13.2 Å². The summed E-state index contributed by atoms with van der Waals surface area (Å²) in [5.74, 6) is -0.598. The van der Waals surface area contributed by atoms with Crippen molar-refractivity contribution in [2.45, 2.75) is 33.4 Å². The molecule has 0 radical (unpaired) electrons. The van der Waals surface area contributed by atoms with Gasteiger partial charge in [-0.15, -0.1) is 0 Å². The molecule has 0 aromatic heterocycles. The summed E-state index contributed by atoms with van der Waals surface area (Å²) >= 11 is 0. The molecule has 1 aliphatic heterocycles. The van der Waals surface area contributed by atoms with E-state index >= 15 is 0 Å². The molecule has 1 aliphatic rings. The van der Waals surface area contributed by atoms with Crippen molar-refractivity contribution in [1.29, 1.82) is 0 Å². The second-order valence-electron chi connectivity index (χ2n) is 7.83. The monoisotopic (exact) mass is 390 g/mol. The third kappa shape index (κ3) is 4.03. The maximum Gasteiger partial charge on any atom is 0.416 e. The van der Waals surface area contributed by atoms with Crippen molar-refractivity contribution in [3.63, 3.8) is 0 Å². The van der Waals surface area contributed by atoms with Gasteiger partial charge in [-0.05, 0) is 48.4 Å². The normalized spacial score (nSPS) is 14.0. The number of nitrogens with one attached hydrogen (secondary N) is 1. The molecule has 148 valence electrons. The first-order valence-corrected chi connectivity index (χ1v) is 8.90. The molecule has 3 rings (SSSR count). The van der Waals surface area contributed by atoms with Crippen molar-refractivity contribution in [2.75, 3.05) is 16.8 Å². The number of hydrogen-bond acceptors (Lipinski definition) is 2. The Kier molecular flexibility index (Phi) is 4.95. The van der Waals surface area contributed by atoms with Crippen LogP contribution in [0.3, 0.4) is 0 Å². The van der Waals surface area contributed by atoms with E-state index in [-0.39, 0.29) is 11.5 Å². The summed E-state index contributed by atoms with van der Waals surface area (Å²) in [6, 6.07) is 9.46. The van der Waals surface area contributed by atoms with Crippen LogP contribution < -0.4 is 10.2 Å². The molecule has 2 aromatic carbocycles. The highest BCUT2D eigenvalue weighted by atomic mass is 19.4. The van der Waals surface area contributed by atoms with Crippen LogP contribution in [0.4, 0.5) is 24.5 Å². The summed E-state index contributed by atoms with van der Waals surface area (Å²) < 4.78 is 38.5. The highest BCUT2D eigenvalue weighted by Gasteiger charge is 2.33. The van der Waals surface area contributed by atoms with Crippen LogP contribution in [0.2, 0.25) is 0 Å². The Hall–Kier alpha value is -2.83. The van der Waals surface area contributed by atoms with E-state index in [1.165, 1.54) is 12.1 Å². The zero-order valence-electron chi connectivity index (χ0n) is 15.9. The second kappa shape index (κ2) is 6.96. The molecule has 0 bridgehead atoms. The predicted octanol–water partition coefficient (Wildman–Crippen LogP) is 4.89. The summed E-state index contributed by atoms with van der Waals surface area (Å²) in [6.07, 6.45) is -3.85. The quantitative estimate of drug-likeness (QED) is 0.794. The van der Waals surface area contributed by atoms with Crippen LogP contribution >= 0.6 is 0 Å². The van der Waals surface area contributed by atoms with E-state index in [4.69, 9.17) is 0 Å². The number of carbonyl (C=O) groups is 2. The van der Waals surface area contributed by atoms with Crippen molar-refractivity contribution in [1.82, 2.24) is 0 Å². The van der Waals surface area contributed by atoms with Gasteiger partial charge in [0.1, 0.15) is 0 Å². The largest absolute Gasteiger partial charge is 0.416 e. The molecule has 0 saturated carbocycles. The van der Waals surface area contributed by atoms with Crippen LogP contribution in [-0.4, -0.2) is 18.4 Å². The van der Waals surface area contributed by atoms with Gasteiger partial charge in [-0.1, -0.05) is 26.8 Å². The minimum Gasteiger partial charge on any atom is -0.322 e. The fraction of sp³-hybridized carbons (Fsp3) is 0.333. The maximum absolute atomic E-state index is 12.8. The lowest BCUT2D eigenvalue weighted by molar-refractivity contribution is -0.137. The van der Waals surface area contributed by atoms with E-state index in [0.29, 0.717) is 18.7 Å². The summed E-state index contributed by atoms with van der Waals surface area (Å²) in [7, 11) is 0. The molecule has 0 spiro atoms. The Balaban J connectivity index is 1.79. The van der Waals surface area contributed by atoms with Gasteiger partial charge >= 0.3 is 6.18 Å². The van der Waals surface area contributed by atoms with Crippen LogP contribution in [0.5, 0.6) is 0 Å². The van der Waals surface area contributed by atoms with Gasteiger partial charge in [0.2, 0.25) is 5.91 Å². The molecule has 0 fully saturated rings. The number of carbonyl (C=O) groups excluding carboxylic acids is 2. The second-order valence-corrected chi connectivity index (χ2v) is 7.83. The van der Waals surface area contributed by atoms with Gasteiger partial charge in [-0.25, -0.2) is 0 Å². The SMILES string of the molecule is CC(C)(C)C(=O)N1CCc2cc(NC(=O)c3cccc(C(F)(F)F)c3)ccc21. The third-order valence-corrected chi connectivity index (χ3v) is 4.57. The maximum atomic E-state index is 12.8. The summed E-state index contributed by atoms with van der Waals surface area (Å²) in [5, 5.41) is 2.63. The van der Waals surface area contributed by atoms with Gasteiger partial charge in [0.15, 0.2) is 0 Å². The van der Waals surface area contributed by atoms with Gasteiger partial charge < -0.3 is 10.2 Å². The molecule has 2 amide bonds. The Bertz CT molecular complexity index is 930. The number of nitrogens with zero attached hydrogens (tertiary/aromatic N) is 1. The van der Waals surface area contributed by atoms with E-state index in [2.05, 4.69) is 5.32 Å². The van der Waals surface area contributed by atoms with E-state index < -0.39 is 23.1 Å². The Labute approximate surface area is 161 Å². The molecule has 2 aromatic rings. The van der Waals surface area contributed by atoms with Gasteiger partial charge in [0.05, 0.1) is 5.56 Å². The van der Waals surface area contributed by atoms with E-state index in [1.54, 1.807) is 23.1 Å². The summed E-state index contributed by atoms with van der Waals surface area (Å²) in [4.78, 5) is 26.6. The first-order chi connectivity index (χ1) is 13.0. The molecular weight excluding hydrogens is 369 g/mol. The van der Waals surface area contributed by atoms with Crippen LogP contribution in [0.15, 0.2) is 42.5 Å². The number of anilines is 2. The molecule has 1 N–H and O–H groups in total. The number of benzene rings is 2. The topological polar surface area (TPSA) is 49.4 Å². The van der Waals surface area contributed by atoms with Crippen molar-refractivity contribution < 1.29 is 22.8 Å². The fourth-order valence-corrected chi connectivity index (χ4v) is 3.14. The van der Waals surface area contributed by atoms with Crippen molar-refractivity contribution in [2.24, 2.45) is 5.41 Å². The van der Waals surface area contributed by atoms with Crippen LogP contribution in [0.25, 0.3) is 0 Å². The number of fused-ring (bicyclic) bond motifs is 1.